The van der Waals surface area contributed by atoms with Crippen LogP contribution in [-0.4, -0.2) is 25.0 Å². The molecule has 1 aromatic carbocycles. The molecule has 1 aromatic rings. The van der Waals surface area contributed by atoms with Crippen molar-refractivity contribution < 1.29 is 23.1 Å². The van der Waals surface area contributed by atoms with Gasteiger partial charge in [0.2, 0.25) is 5.91 Å². The summed E-state index contributed by atoms with van der Waals surface area (Å²) in [6.45, 7) is 3.73. The van der Waals surface area contributed by atoms with Gasteiger partial charge in [0.15, 0.2) is 0 Å². The summed E-state index contributed by atoms with van der Waals surface area (Å²) in [6.07, 6.45) is 1.79. The summed E-state index contributed by atoms with van der Waals surface area (Å²) in [5.41, 5.74) is 1.05. The van der Waals surface area contributed by atoms with Crippen LogP contribution in [0.25, 0.3) is 0 Å². The number of ether oxygens (including phenoxy) is 1. The fourth-order valence-electron chi connectivity index (χ4n) is 1.79. The molecule has 6 heteroatoms. The third kappa shape index (κ3) is 5.63. The largest absolute Gasteiger partial charge is 0.467 e. The highest BCUT2D eigenvalue weighted by Gasteiger charge is 2.21. The molecule has 0 fully saturated rings. The number of methoxy groups -OCH3 is 1. The molecule has 0 heterocycles. The van der Waals surface area contributed by atoms with Gasteiger partial charge in [-0.15, -0.1) is 0 Å². The first-order valence-electron chi connectivity index (χ1n) is 6.78. The van der Waals surface area contributed by atoms with Gasteiger partial charge in [-0.05, 0) is 31.9 Å². The van der Waals surface area contributed by atoms with Crippen LogP contribution in [0.15, 0.2) is 29.8 Å². The maximum absolute atomic E-state index is 13.5. The van der Waals surface area contributed by atoms with Crippen LogP contribution in [0.3, 0.4) is 0 Å². The summed E-state index contributed by atoms with van der Waals surface area (Å²) >= 11 is 0. The molecule has 0 aromatic heterocycles. The highest BCUT2D eigenvalue weighted by molar-refractivity contribution is 5.85. The quantitative estimate of drug-likeness (QED) is 0.649. The first kappa shape index (κ1) is 17.8. The van der Waals surface area contributed by atoms with Gasteiger partial charge in [0, 0.05) is 6.07 Å². The number of carbonyl (C=O) groups is 2. The van der Waals surface area contributed by atoms with Gasteiger partial charge in [-0.2, -0.15) is 0 Å². The number of allylic oxidation sites excluding steroid dienone is 1. The Bertz CT molecular complexity index is 581. The summed E-state index contributed by atoms with van der Waals surface area (Å²) < 4.78 is 30.9. The first-order chi connectivity index (χ1) is 10.3. The van der Waals surface area contributed by atoms with Crippen LogP contribution in [0.4, 0.5) is 8.78 Å². The zero-order valence-electron chi connectivity index (χ0n) is 12.8. The van der Waals surface area contributed by atoms with Gasteiger partial charge in [0.1, 0.15) is 17.7 Å². The summed E-state index contributed by atoms with van der Waals surface area (Å²) in [5.74, 6) is -2.62. The lowest BCUT2D eigenvalue weighted by Gasteiger charge is -2.15. The summed E-state index contributed by atoms with van der Waals surface area (Å²) in [7, 11) is 1.23. The van der Waals surface area contributed by atoms with Crippen LogP contribution >= 0.6 is 0 Å². The maximum atomic E-state index is 13.5. The van der Waals surface area contributed by atoms with Crippen molar-refractivity contribution in [1.29, 1.82) is 0 Å². The molecule has 0 saturated heterocycles. The Labute approximate surface area is 128 Å². The summed E-state index contributed by atoms with van der Waals surface area (Å²) in [6, 6.07) is 2.15. The Morgan fingerprint density at radius 3 is 2.55 bits per heavy atom. The van der Waals surface area contributed by atoms with Crippen molar-refractivity contribution in [1.82, 2.24) is 5.32 Å². The topological polar surface area (TPSA) is 55.4 Å². The van der Waals surface area contributed by atoms with E-state index in [1.54, 1.807) is 6.08 Å². The zero-order valence-corrected chi connectivity index (χ0v) is 12.8. The van der Waals surface area contributed by atoms with E-state index in [0.717, 1.165) is 11.6 Å². The minimum absolute atomic E-state index is 0.0599. The van der Waals surface area contributed by atoms with Gasteiger partial charge in [0.05, 0.1) is 13.5 Å². The predicted molar refractivity (Wildman–Crippen MR) is 78.1 cm³/mol. The molecule has 0 unspecified atom stereocenters. The lowest BCUT2D eigenvalue weighted by molar-refractivity contribution is -0.144. The molecule has 120 valence electrons. The number of halogens is 2. The smallest absolute Gasteiger partial charge is 0.328 e. The number of esters is 1. The second kappa shape index (κ2) is 8.26. The molecule has 0 saturated carbocycles. The van der Waals surface area contributed by atoms with E-state index in [1.807, 2.05) is 13.8 Å². The molecule has 22 heavy (non-hydrogen) atoms. The molecule has 0 aliphatic rings. The van der Waals surface area contributed by atoms with Crippen molar-refractivity contribution in [2.24, 2.45) is 0 Å². The van der Waals surface area contributed by atoms with Crippen LogP contribution in [0, 0.1) is 11.6 Å². The minimum Gasteiger partial charge on any atom is -0.467 e. The van der Waals surface area contributed by atoms with E-state index in [4.69, 9.17) is 0 Å². The molecule has 1 rings (SSSR count). The average molecular weight is 311 g/mol. The molecule has 1 amide bonds. The van der Waals surface area contributed by atoms with Crippen LogP contribution in [0.2, 0.25) is 0 Å². The molecule has 0 bridgehead atoms. The number of hydrogen-bond donors (Lipinski definition) is 1. The number of amides is 1. The van der Waals surface area contributed by atoms with Crippen LogP contribution < -0.4 is 5.32 Å². The van der Waals surface area contributed by atoms with Crippen LogP contribution in [-0.2, 0) is 20.7 Å². The Morgan fingerprint density at radius 1 is 1.32 bits per heavy atom. The Morgan fingerprint density at radius 2 is 2.00 bits per heavy atom. The molecule has 0 aliphatic heterocycles. The van der Waals surface area contributed by atoms with Gasteiger partial charge in [-0.3, -0.25) is 4.79 Å². The van der Waals surface area contributed by atoms with Gasteiger partial charge in [-0.25, -0.2) is 13.6 Å². The van der Waals surface area contributed by atoms with E-state index < -0.39 is 29.6 Å². The van der Waals surface area contributed by atoms with Gasteiger partial charge in [0.25, 0.3) is 0 Å². The second-order valence-corrected chi connectivity index (χ2v) is 5.07. The Hall–Kier alpha value is -2.24. The second-order valence-electron chi connectivity index (χ2n) is 5.07. The van der Waals surface area contributed by atoms with Crippen LogP contribution in [0.5, 0.6) is 0 Å². The highest BCUT2D eigenvalue weighted by Crippen LogP contribution is 2.10. The number of hydrogen-bond acceptors (Lipinski definition) is 3. The molecule has 0 radical (unpaired) electrons. The fourth-order valence-corrected chi connectivity index (χ4v) is 1.79. The molecule has 0 aliphatic carbocycles. The molecule has 1 atom stereocenters. The standard InChI is InChI=1S/C16H19F2NO3/c1-10(2)4-7-14(16(21)22-3)19-15(20)8-11-5-6-12(17)9-13(11)18/h4-6,9,14H,7-8H2,1-3H3,(H,19,20)/t14-/m1/s1. The van der Waals surface area contributed by atoms with Crippen molar-refractivity contribution >= 4 is 11.9 Å². The van der Waals surface area contributed by atoms with E-state index >= 15 is 0 Å². The molecule has 4 nitrogen and oxygen atoms in total. The maximum Gasteiger partial charge on any atom is 0.328 e. The number of benzene rings is 1. The van der Waals surface area contributed by atoms with Crippen LogP contribution in [0.1, 0.15) is 25.8 Å². The van der Waals surface area contributed by atoms with Gasteiger partial charge in [-0.1, -0.05) is 17.7 Å². The van der Waals surface area contributed by atoms with E-state index in [9.17, 15) is 18.4 Å². The normalized spacial score (nSPS) is 11.5. The van der Waals surface area contributed by atoms with Crippen molar-refractivity contribution in [3.05, 3.63) is 47.0 Å². The van der Waals surface area contributed by atoms with Gasteiger partial charge < -0.3 is 10.1 Å². The number of rotatable bonds is 6. The third-order valence-electron chi connectivity index (χ3n) is 2.95. The number of nitrogens with one attached hydrogen (secondary N) is 1. The SMILES string of the molecule is COC(=O)[C@@H](CC=C(C)C)NC(=O)Cc1ccc(F)cc1F. The van der Waals surface area contributed by atoms with E-state index in [1.165, 1.54) is 13.2 Å². The third-order valence-corrected chi connectivity index (χ3v) is 2.95. The molecular weight excluding hydrogens is 292 g/mol. The zero-order chi connectivity index (χ0) is 16.7. The molecule has 0 spiro atoms. The number of carbonyl (C=O) groups excluding carboxylic acids is 2. The fraction of sp³-hybridized carbons (Fsp3) is 0.375. The average Bonchev–Trinajstić information content (AvgIpc) is 2.45. The van der Waals surface area contributed by atoms with Crippen molar-refractivity contribution in [2.75, 3.05) is 7.11 Å². The minimum atomic E-state index is -0.837. The van der Waals surface area contributed by atoms with Gasteiger partial charge >= 0.3 is 5.97 Å². The monoisotopic (exact) mass is 311 g/mol. The van der Waals surface area contributed by atoms with E-state index in [2.05, 4.69) is 10.1 Å². The Balaban J connectivity index is 2.74. The highest BCUT2D eigenvalue weighted by atomic mass is 19.1. The lowest BCUT2D eigenvalue weighted by Crippen LogP contribution is -2.42. The molecule has 1 N–H and O–H groups in total. The van der Waals surface area contributed by atoms with E-state index in [0.29, 0.717) is 6.07 Å². The van der Waals surface area contributed by atoms with Crippen molar-refractivity contribution in [2.45, 2.75) is 32.7 Å². The lowest BCUT2D eigenvalue weighted by atomic mass is 10.1. The summed E-state index contributed by atoms with van der Waals surface area (Å²) in [4.78, 5) is 23.6. The molecular formula is C16H19F2NO3. The van der Waals surface area contributed by atoms with E-state index in [-0.39, 0.29) is 18.4 Å². The van der Waals surface area contributed by atoms with Crippen molar-refractivity contribution in [3.8, 4) is 0 Å². The predicted octanol–water partition coefficient (Wildman–Crippen LogP) is 2.52. The first-order valence-corrected chi connectivity index (χ1v) is 6.78. The summed E-state index contributed by atoms with van der Waals surface area (Å²) in [5, 5.41) is 2.49. The van der Waals surface area contributed by atoms with Crippen molar-refractivity contribution in [3.63, 3.8) is 0 Å². The Kier molecular flexibility index (Phi) is 6.69.